The number of rotatable bonds is 2. The summed E-state index contributed by atoms with van der Waals surface area (Å²) in [6.45, 7) is 6.43. The van der Waals surface area contributed by atoms with E-state index < -0.39 is 0 Å². The summed E-state index contributed by atoms with van der Waals surface area (Å²) in [7, 11) is 0. The van der Waals surface area contributed by atoms with Crippen molar-refractivity contribution in [3.05, 3.63) is 53.1 Å². The highest BCUT2D eigenvalue weighted by Gasteiger charge is 2.10. The number of nitrogens with one attached hydrogen (secondary N) is 1. The fraction of sp³-hybridized carbons (Fsp3) is 0.308. The second-order valence-corrected chi connectivity index (χ2v) is 4.12. The van der Waals surface area contributed by atoms with Crippen LogP contribution < -0.4 is 0 Å². The van der Waals surface area contributed by atoms with E-state index in [4.69, 9.17) is 0 Å². The Kier molecular flexibility index (Phi) is 2.58. The Morgan fingerprint density at radius 3 is 2.33 bits per heavy atom. The number of aromatic amines is 1. The van der Waals surface area contributed by atoms with Gasteiger partial charge in [0.05, 0.1) is 0 Å². The lowest BCUT2D eigenvalue weighted by Gasteiger charge is -2.11. The normalized spacial score (nSPS) is 12.7. The van der Waals surface area contributed by atoms with Gasteiger partial charge in [-0.25, -0.2) is 4.98 Å². The molecule has 15 heavy (non-hydrogen) atoms. The minimum atomic E-state index is 0.332. The number of hydrogen-bond donors (Lipinski definition) is 1. The number of aryl methyl sites for hydroxylation is 2. The van der Waals surface area contributed by atoms with Gasteiger partial charge < -0.3 is 4.98 Å². The van der Waals surface area contributed by atoms with Gasteiger partial charge in [-0.1, -0.05) is 36.2 Å². The lowest BCUT2D eigenvalue weighted by Crippen LogP contribution is -1.99. The molecule has 0 amide bonds. The van der Waals surface area contributed by atoms with Crippen molar-refractivity contribution < 1.29 is 0 Å². The summed E-state index contributed by atoms with van der Waals surface area (Å²) < 4.78 is 0. The zero-order valence-corrected chi connectivity index (χ0v) is 9.41. The Bertz CT molecular complexity index is 423. The van der Waals surface area contributed by atoms with Gasteiger partial charge in [0, 0.05) is 18.3 Å². The number of imidazole rings is 1. The van der Waals surface area contributed by atoms with Crippen LogP contribution in [0.1, 0.15) is 35.4 Å². The molecule has 1 aromatic carbocycles. The summed E-state index contributed by atoms with van der Waals surface area (Å²) in [5, 5.41) is 0. The van der Waals surface area contributed by atoms with Gasteiger partial charge in [-0.2, -0.15) is 0 Å². The van der Waals surface area contributed by atoms with E-state index in [9.17, 15) is 0 Å². The largest absolute Gasteiger partial charge is 0.348 e. The second-order valence-electron chi connectivity index (χ2n) is 4.12. The van der Waals surface area contributed by atoms with Crippen LogP contribution in [0.5, 0.6) is 0 Å². The zero-order chi connectivity index (χ0) is 10.8. The van der Waals surface area contributed by atoms with E-state index in [1.54, 1.807) is 6.20 Å². The molecule has 0 saturated carbocycles. The minimum Gasteiger partial charge on any atom is -0.348 e. The molecule has 2 aromatic rings. The summed E-state index contributed by atoms with van der Waals surface area (Å²) in [4.78, 5) is 7.46. The molecule has 0 spiro atoms. The molecule has 2 rings (SSSR count). The van der Waals surface area contributed by atoms with Gasteiger partial charge in [-0.05, 0) is 19.4 Å². The molecule has 0 aliphatic heterocycles. The molecule has 1 atom stereocenters. The van der Waals surface area contributed by atoms with E-state index in [0.29, 0.717) is 5.92 Å². The van der Waals surface area contributed by atoms with Crippen molar-refractivity contribution in [1.82, 2.24) is 9.97 Å². The number of nitrogens with zero attached hydrogens (tertiary/aromatic N) is 1. The van der Waals surface area contributed by atoms with Gasteiger partial charge in [0.2, 0.25) is 0 Å². The molecule has 0 fully saturated rings. The highest BCUT2D eigenvalue weighted by molar-refractivity contribution is 5.33. The molecule has 78 valence electrons. The smallest absolute Gasteiger partial charge is 0.113 e. The lowest BCUT2D eigenvalue weighted by molar-refractivity contribution is 0.837. The minimum absolute atomic E-state index is 0.332. The first-order valence-electron chi connectivity index (χ1n) is 5.24. The molecule has 0 bridgehead atoms. The van der Waals surface area contributed by atoms with Crippen molar-refractivity contribution in [3.8, 4) is 0 Å². The summed E-state index contributed by atoms with van der Waals surface area (Å²) in [5.74, 6) is 1.36. The molecule has 1 N–H and O–H groups in total. The maximum Gasteiger partial charge on any atom is 0.113 e. The molecular weight excluding hydrogens is 184 g/mol. The van der Waals surface area contributed by atoms with E-state index in [2.05, 4.69) is 48.9 Å². The van der Waals surface area contributed by atoms with Gasteiger partial charge in [-0.3, -0.25) is 0 Å². The SMILES string of the molecule is Cc1cc(C)cc([C@@H](C)c2ncc[nH]2)c1. The first-order chi connectivity index (χ1) is 7.16. The van der Waals surface area contributed by atoms with Crippen molar-refractivity contribution in [3.63, 3.8) is 0 Å². The molecule has 2 heteroatoms. The Morgan fingerprint density at radius 2 is 1.80 bits per heavy atom. The van der Waals surface area contributed by atoms with Crippen molar-refractivity contribution in [2.75, 3.05) is 0 Å². The molecule has 2 nitrogen and oxygen atoms in total. The van der Waals surface area contributed by atoms with Crippen LogP contribution in [-0.4, -0.2) is 9.97 Å². The molecule has 1 heterocycles. The monoisotopic (exact) mass is 200 g/mol. The molecule has 0 saturated heterocycles. The average Bonchev–Trinajstić information content (AvgIpc) is 2.67. The van der Waals surface area contributed by atoms with Crippen LogP contribution in [0.3, 0.4) is 0 Å². The molecule has 0 unspecified atom stereocenters. The third kappa shape index (κ3) is 2.09. The van der Waals surface area contributed by atoms with Crippen LogP contribution in [0.25, 0.3) is 0 Å². The van der Waals surface area contributed by atoms with Crippen LogP contribution in [-0.2, 0) is 0 Å². The van der Waals surface area contributed by atoms with E-state index >= 15 is 0 Å². The van der Waals surface area contributed by atoms with E-state index in [1.165, 1.54) is 16.7 Å². The highest BCUT2D eigenvalue weighted by atomic mass is 14.9. The van der Waals surface area contributed by atoms with E-state index in [-0.39, 0.29) is 0 Å². The molecule has 0 radical (unpaired) electrons. The zero-order valence-electron chi connectivity index (χ0n) is 9.41. The first kappa shape index (κ1) is 9.97. The Balaban J connectivity index is 2.37. The predicted octanol–water partition coefficient (Wildman–Crippen LogP) is 3.18. The van der Waals surface area contributed by atoms with Crippen molar-refractivity contribution in [1.29, 1.82) is 0 Å². The van der Waals surface area contributed by atoms with Gasteiger partial charge in [-0.15, -0.1) is 0 Å². The predicted molar refractivity (Wildman–Crippen MR) is 62.0 cm³/mol. The lowest BCUT2D eigenvalue weighted by atomic mass is 9.97. The maximum atomic E-state index is 4.30. The van der Waals surface area contributed by atoms with Crippen LogP contribution in [0.4, 0.5) is 0 Å². The summed E-state index contributed by atoms with van der Waals surface area (Å²) in [6, 6.07) is 6.64. The Morgan fingerprint density at radius 1 is 1.13 bits per heavy atom. The van der Waals surface area contributed by atoms with Crippen molar-refractivity contribution >= 4 is 0 Å². The third-order valence-corrected chi connectivity index (χ3v) is 2.67. The van der Waals surface area contributed by atoms with E-state index in [1.807, 2.05) is 6.20 Å². The Hall–Kier alpha value is -1.57. The number of hydrogen-bond acceptors (Lipinski definition) is 1. The van der Waals surface area contributed by atoms with Crippen molar-refractivity contribution in [2.24, 2.45) is 0 Å². The topological polar surface area (TPSA) is 28.7 Å². The van der Waals surface area contributed by atoms with Gasteiger partial charge in [0.1, 0.15) is 5.82 Å². The number of aromatic nitrogens is 2. The third-order valence-electron chi connectivity index (χ3n) is 2.67. The number of H-pyrrole nitrogens is 1. The molecule has 0 aliphatic rings. The molecule has 1 aromatic heterocycles. The fourth-order valence-electron chi connectivity index (χ4n) is 1.93. The maximum absolute atomic E-state index is 4.30. The summed E-state index contributed by atoms with van der Waals surface area (Å²) in [5.41, 5.74) is 3.94. The molecule has 0 aliphatic carbocycles. The van der Waals surface area contributed by atoms with Gasteiger partial charge in [0.25, 0.3) is 0 Å². The summed E-state index contributed by atoms with van der Waals surface area (Å²) in [6.07, 6.45) is 3.67. The standard InChI is InChI=1S/C13H16N2/c1-9-6-10(2)8-12(7-9)11(3)13-14-4-5-15-13/h4-8,11H,1-3H3,(H,14,15)/t11-/m1/s1. The Labute approximate surface area is 90.4 Å². The number of benzene rings is 1. The van der Waals surface area contributed by atoms with Crippen molar-refractivity contribution in [2.45, 2.75) is 26.7 Å². The summed E-state index contributed by atoms with van der Waals surface area (Å²) >= 11 is 0. The van der Waals surface area contributed by atoms with Gasteiger partial charge >= 0.3 is 0 Å². The van der Waals surface area contributed by atoms with Gasteiger partial charge in [0.15, 0.2) is 0 Å². The van der Waals surface area contributed by atoms with Crippen LogP contribution in [0, 0.1) is 13.8 Å². The van der Waals surface area contributed by atoms with E-state index in [0.717, 1.165) is 5.82 Å². The fourth-order valence-corrected chi connectivity index (χ4v) is 1.93. The quantitative estimate of drug-likeness (QED) is 0.792. The average molecular weight is 200 g/mol. The molecular formula is C13H16N2. The van der Waals surface area contributed by atoms with Crippen LogP contribution in [0.2, 0.25) is 0 Å². The van der Waals surface area contributed by atoms with Crippen LogP contribution >= 0.6 is 0 Å². The highest BCUT2D eigenvalue weighted by Crippen LogP contribution is 2.22. The van der Waals surface area contributed by atoms with Crippen LogP contribution in [0.15, 0.2) is 30.6 Å². The second kappa shape index (κ2) is 3.89. The first-order valence-corrected chi connectivity index (χ1v) is 5.24.